The standard InChI is InChI=1S/C24H29Cl3N2O3/c1-5-16(4)28-24(31)22(6-2)29(13-17-7-9-20(26)21(27)12-17)23(30)14-32-18-8-10-19(25)15(3)11-18/h7-12,16,22H,5-6,13-14H2,1-4H3,(H,28,31)/t16-,22-/m1/s1. The Balaban J connectivity index is 2.25. The monoisotopic (exact) mass is 498 g/mol. The number of carbonyl (C=O) groups is 2. The van der Waals surface area contributed by atoms with Gasteiger partial charge >= 0.3 is 0 Å². The molecule has 0 saturated carbocycles. The second kappa shape index (κ2) is 12.3. The average molecular weight is 500 g/mol. The van der Waals surface area contributed by atoms with Crippen LogP contribution in [0.4, 0.5) is 0 Å². The zero-order chi connectivity index (χ0) is 23.8. The number of nitrogens with one attached hydrogen (secondary N) is 1. The highest BCUT2D eigenvalue weighted by molar-refractivity contribution is 6.42. The Morgan fingerprint density at radius 1 is 1.00 bits per heavy atom. The lowest BCUT2D eigenvalue weighted by atomic mass is 10.1. The van der Waals surface area contributed by atoms with Crippen LogP contribution in [0.2, 0.25) is 15.1 Å². The van der Waals surface area contributed by atoms with Crippen LogP contribution in [0.1, 0.15) is 44.7 Å². The quantitative estimate of drug-likeness (QED) is 0.432. The maximum absolute atomic E-state index is 13.2. The number of hydrogen-bond donors (Lipinski definition) is 1. The molecule has 0 fully saturated rings. The Morgan fingerprint density at radius 3 is 2.28 bits per heavy atom. The van der Waals surface area contributed by atoms with Crippen molar-refractivity contribution in [1.82, 2.24) is 10.2 Å². The van der Waals surface area contributed by atoms with Gasteiger partial charge < -0.3 is 15.0 Å². The van der Waals surface area contributed by atoms with Crippen LogP contribution in [-0.4, -0.2) is 35.4 Å². The molecule has 0 aliphatic carbocycles. The van der Waals surface area contributed by atoms with Gasteiger partial charge in [-0.1, -0.05) is 54.7 Å². The van der Waals surface area contributed by atoms with Crippen LogP contribution in [0.5, 0.6) is 5.75 Å². The Kier molecular flexibility index (Phi) is 10.1. The van der Waals surface area contributed by atoms with Crippen molar-refractivity contribution in [2.45, 2.75) is 59.2 Å². The molecular weight excluding hydrogens is 471 g/mol. The summed E-state index contributed by atoms with van der Waals surface area (Å²) < 4.78 is 5.71. The van der Waals surface area contributed by atoms with Gasteiger partial charge in [0.25, 0.3) is 5.91 Å². The molecule has 32 heavy (non-hydrogen) atoms. The summed E-state index contributed by atoms with van der Waals surface area (Å²) in [7, 11) is 0. The van der Waals surface area contributed by atoms with E-state index in [0.29, 0.717) is 27.2 Å². The van der Waals surface area contributed by atoms with Crippen molar-refractivity contribution < 1.29 is 14.3 Å². The lowest BCUT2D eigenvalue weighted by molar-refractivity contribution is -0.143. The van der Waals surface area contributed by atoms with Crippen LogP contribution >= 0.6 is 34.8 Å². The van der Waals surface area contributed by atoms with Crippen LogP contribution < -0.4 is 10.1 Å². The summed E-state index contributed by atoms with van der Waals surface area (Å²) in [6.07, 6.45) is 1.25. The van der Waals surface area contributed by atoms with Gasteiger partial charge in [-0.05, 0) is 68.1 Å². The molecule has 2 atom stereocenters. The van der Waals surface area contributed by atoms with Crippen LogP contribution in [0, 0.1) is 6.92 Å². The van der Waals surface area contributed by atoms with Gasteiger partial charge in [-0.3, -0.25) is 9.59 Å². The second-order valence-electron chi connectivity index (χ2n) is 7.71. The zero-order valence-corrected chi connectivity index (χ0v) is 21.0. The van der Waals surface area contributed by atoms with Gasteiger partial charge in [-0.15, -0.1) is 0 Å². The molecule has 8 heteroatoms. The van der Waals surface area contributed by atoms with Crippen LogP contribution in [0.25, 0.3) is 0 Å². The average Bonchev–Trinajstić information content (AvgIpc) is 2.76. The number of ether oxygens (including phenoxy) is 1. The molecule has 0 bridgehead atoms. The van der Waals surface area contributed by atoms with Crippen molar-refractivity contribution in [3.63, 3.8) is 0 Å². The minimum atomic E-state index is -0.651. The first-order chi connectivity index (χ1) is 15.2. The number of halogens is 3. The zero-order valence-electron chi connectivity index (χ0n) is 18.8. The summed E-state index contributed by atoms with van der Waals surface area (Å²) in [5.74, 6) is 0.0271. The fourth-order valence-corrected chi connectivity index (χ4v) is 3.57. The summed E-state index contributed by atoms with van der Waals surface area (Å²) in [4.78, 5) is 27.7. The maximum Gasteiger partial charge on any atom is 0.261 e. The molecule has 0 spiro atoms. The van der Waals surface area contributed by atoms with E-state index in [1.54, 1.807) is 36.4 Å². The molecule has 2 aromatic carbocycles. The molecule has 0 heterocycles. The molecule has 5 nitrogen and oxygen atoms in total. The van der Waals surface area contributed by atoms with E-state index in [1.165, 1.54) is 4.90 Å². The molecule has 0 aliphatic heterocycles. The Bertz CT molecular complexity index is 952. The van der Waals surface area contributed by atoms with Gasteiger partial charge in [0.15, 0.2) is 6.61 Å². The Labute approximate surface area is 205 Å². The fourth-order valence-electron chi connectivity index (χ4n) is 3.13. The van der Waals surface area contributed by atoms with Gasteiger partial charge in [0.2, 0.25) is 5.91 Å². The molecular formula is C24H29Cl3N2O3. The Hall–Kier alpha value is -1.95. The highest BCUT2D eigenvalue weighted by atomic mass is 35.5. The topological polar surface area (TPSA) is 58.6 Å². The summed E-state index contributed by atoms with van der Waals surface area (Å²) in [6, 6.07) is 9.72. The third kappa shape index (κ3) is 7.29. The number of rotatable bonds is 10. The van der Waals surface area contributed by atoms with Crippen molar-refractivity contribution in [3.8, 4) is 5.75 Å². The van der Waals surface area contributed by atoms with E-state index in [-0.39, 0.29) is 31.0 Å². The van der Waals surface area contributed by atoms with Gasteiger partial charge in [0.1, 0.15) is 11.8 Å². The predicted octanol–water partition coefficient (Wildman–Crippen LogP) is 6.06. The number of benzene rings is 2. The van der Waals surface area contributed by atoms with E-state index < -0.39 is 6.04 Å². The lowest BCUT2D eigenvalue weighted by Gasteiger charge is -2.31. The fraction of sp³-hybridized carbons (Fsp3) is 0.417. The molecule has 0 unspecified atom stereocenters. The summed E-state index contributed by atoms with van der Waals surface area (Å²) >= 11 is 18.2. The smallest absolute Gasteiger partial charge is 0.261 e. The maximum atomic E-state index is 13.2. The van der Waals surface area contributed by atoms with Crippen molar-refractivity contribution in [3.05, 3.63) is 62.6 Å². The van der Waals surface area contributed by atoms with E-state index in [0.717, 1.165) is 17.5 Å². The van der Waals surface area contributed by atoms with Gasteiger partial charge in [-0.2, -0.15) is 0 Å². The Morgan fingerprint density at radius 2 is 1.69 bits per heavy atom. The predicted molar refractivity (Wildman–Crippen MR) is 131 cm³/mol. The van der Waals surface area contributed by atoms with Crippen molar-refractivity contribution in [2.75, 3.05) is 6.61 Å². The number of aryl methyl sites for hydroxylation is 1. The first kappa shape index (κ1) is 26.3. The number of hydrogen-bond acceptors (Lipinski definition) is 3. The highest BCUT2D eigenvalue weighted by Gasteiger charge is 2.29. The number of carbonyl (C=O) groups excluding carboxylic acids is 2. The molecule has 0 radical (unpaired) electrons. The first-order valence-corrected chi connectivity index (χ1v) is 11.7. The van der Waals surface area contributed by atoms with Crippen LogP contribution in [0.3, 0.4) is 0 Å². The van der Waals surface area contributed by atoms with Gasteiger partial charge in [0.05, 0.1) is 10.0 Å². The van der Waals surface area contributed by atoms with E-state index in [4.69, 9.17) is 39.5 Å². The van der Waals surface area contributed by atoms with Crippen molar-refractivity contribution in [2.24, 2.45) is 0 Å². The lowest BCUT2D eigenvalue weighted by Crippen LogP contribution is -2.51. The normalized spacial score (nSPS) is 12.7. The largest absolute Gasteiger partial charge is 0.484 e. The summed E-state index contributed by atoms with van der Waals surface area (Å²) in [5, 5.41) is 4.41. The molecule has 1 N–H and O–H groups in total. The van der Waals surface area contributed by atoms with E-state index in [9.17, 15) is 9.59 Å². The molecule has 0 saturated heterocycles. The van der Waals surface area contributed by atoms with Crippen molar-refractivity contribution in [1.29, 1.82) is 0 Å². The van der Waals surface area contributed by atoms with E-state index in [1.807, 2.05) is 27.7 Å². The molecule has 2 aromatic rings. The van der Waals surface area contributed by atoms with Crippen LogP contribution in [-0.2, 0) is 16.1 Å². The second-order valence-corrected chi connectivity index (χ2v) is 8.93. The van der Waals surface area contributed by atoms with Crippen LogP contribution in [0.15, 0.2) is 36.4 Å². The minimum Gasteiger partial charge on any atom is -0.484 e. The number of amides is 2. The molecule has 2 amide bonds. The van der Waals surface area contributed by atoms with Gasteiger partial charge in [0, 0.05) is 17.6 Å². The molecule has 0 aliphatic rings. The first-order valence-electron chi connectivity index (χ1n) is 10.6. The summed E-state index contributed by atoms with van der Waals surface area (Å²) in [5.41, 5.74) is 1.62. The van der Waals surface area contributed by atoms with Gasteiger partial charge in [-0.25, -0.2) is 0 Å². The van der Waals surface area contributed by atoms with E-state index >= 15 is 0 Å². The third-order valence-corrected chi connectivity index (χ3v) is 6.38. The molecule has 0 aromatic heterocycles. The molecule has 174 valence electrons. The minimum absolute atomic E-state index is 0.00627. The summed E-state index contributed by atoms with van der Waals surface area (Å²) in [6.45, 7) is 7.65. The highest BCUT2D eigenvalue weighted by Crippen LogP contribution is 2.25. The van der Waals surface area contributed by atoms with E-state index in [2.05, 4.69) is 5.32 Å². The third-order valence-electron chi connectivity index (χ3n) is 5.22. The SMILES string of the molecule is CC[C@@H](C)NC(=O)[C@@H](CC)N(Cc1ccc(Cl)c(Cl)c1)C(=O)COc1ccc(Cl)c(C)c1. The number of nitrogens with zero attached hydrogens (tertiary/aromatic N) is 1. The van der Waals surface area contributed by atoms with Crippen molar-refractivity contribution >= 4 is 46.6 Å². The molecule has 2 rings (SSSR count).